The van der Waals surface area contributed by atoms with Crippen molar-refractivity contribution in [2.75, 3.05) is 26.7 Å². The van der Waals surface area contributed by atoms with Gasteiger partial charge in [0.2, 0.25) is 11.8 Å². The molecule has 0 aromatic heterocycles. The molecule has 1 heterocycles. The van der Waals surface area contributed by atoms with Gasteiger partial charge in [-0.15, -0.1) is 0 Å². The standard InChI is InChI=1S/C18H25N3O4/c1-25-18(24)15(11-13-5-3-2-4-6-13)20-16(22)12-21-9-7-14(8-10-21)17(19)23/h2-6,14-15H,7-12H2,1H3,(H2,19,23)(H,20,22)/t15-/m1/s1. The molecular formula is C18H25N3O4. The van der Waals surface area contributed by atoms with Crippen LogP contribution in [-0.2, 0) is 25.5 Å². The van der Waals surface area contributed by atoms with Gasteiger partial charge in [-0.2, -0.15) is 0 Å². The van der Waals surface area contributed by atoms with E-state index >= 15 is 0 Å². The first kappa shape index (κ1) is 18.9. The predicted octanol–water partition coefficient (Wildman–Crippen LogP) is 0.0842. The summed E-state index contributed by atoms with van der Waals surface area (Å²) in [5.41, 5.74) is 6.26. The van der Waals surface area contributed by atoms with Gasteiger partial charge in [-0.3, -0.25) is 14.5 Å². The van der Waals surface area contributed by atoms with Crippen LogP contribution in [-0.4, -0.2) is 55.5 Å². The fourth-order valence-corrected chi connectivity index (χ4v) is 3.00. The van der Waals surface area contributed by atoms with Gasteiger partial charge in [-0.1, -0.05) is 30.3 Å². The number of carbonyl (C=O) groups excluding carboxylic acids is 3. The largest absolute Gasteiger partial charge is 0.467 e. The molecule has 1 aromatic rings. The molecule has 25 heavy (non-hydrogen) atoms. The lowest BCUT2D eigenvalue weighted by Crippen LogP contribution is -2.48. The minimum atomic E-state index is -0.719. The highest BCUT2D eigenvalue weighted by Crippen LogP contribution is 2.16. The smallest absolute Gasteiger partial charge is 0.328 e. The monoisotopic (exact) mass is 347 g/mol. The fraction of sp³-hybridized carbons (Fsp3) is 0.500. The van der Waals surface area contributed by atoms with E-state index in [0.717, 1.165) is 5.56 Å². The molecule has 0 bridgehead atoms. The second kappa shape index (κ2) is 9.17. The molecule has 0 unspecified atom stereocenters. The first-order valence-corrected chi connectivity index (χ1v) is 8.42. The number of ether oxygens (including phenoxy) is 1. The van der Waals surface area contributed by atoms with Gasteiger partial charge >= 0.3 is 5.97 Å². The number of methoxy groups -OCH3 is 1. The molecular weight excluding hydrogens is 322 g/mol. The number of hydrogen-bond donors (Lipinski definition) is 2. The van der Waals surface area contributed by atoms with Gasteiger partial charge in [0.1, 0.15) is 6.04 Å². The van der Waals surface area contributed by atoms with Crippen LogP contribution in [0.2, 0.25) is 0 Å². The summed E-state index contributed by atoms with van der Waals surface area (Å²) in [6, 6.07) is 8.74. The van der Waals surface area contributed by atoms with Crippen LogP contribution in [0.5, 0.6) is 0 Å². The maximum absolute atomic E-state index is 12.3. The van der Waals surface area contributed by atoms with E-state index in [1.54, 1.807) is 0 Å². The van der Waals surface area contributed by atoms with Crippen molar-refractivity contribution in [2.45, 2.75) is 25.3 Å². The van der Waals surface area contributed by atoms with Crippen LogP contribution in [0.15, 0.2) is 30.3 Å². The Bertz CT molecular complexity index is 598. The molecule has 1 atom stereocenters. The number of rotatable bonds is 7. The second-order valence-electron chi connectivity index (χ2n) is 6.29. The van der Waals surface area contributed by atoms with Crippen LogP contribution in [0, 0.1) is 5.92 Å². The average Bonchev–Trinajstić information content (AvgIpc) is 2.61. The van der Waals surface area contributed by atoms with E-state index in [9.17, 15) is 14.4 Å². The number of nitrogens with two attached hydrogens (primary N) is 1. The van der Waals surface area contributed by atoms with E-state index in [2.05, 4.69) is 5.32 Å². The predicted molar refractivity (Wildman–Crippen MR) is 92.5 cm³/mol. The van der Waals surface area contributed by atoms with Crippen molar-refractivity contribution in [1.82, 2.24) is 10.2 Å². The number of likely N-dealkylation sites (tertiary alicyclic amines) is 1. The minimum absolute atomic E-state index is 0.111. The van der Waals surface area contributed by atoms with Gasteiger partial charge in [-0.05, 0) is 31.5 Å². The number of piperidine rings is 1. The van der Waals surface area contributed by atoms with Crippen molar-refractivity contribution in [3.63, 3.8) is 0 Å². The van der Waals surface area contributed by atoms with Gasteiger partial charge in [0.15, 0.2) is 0 Å². The number of hydrogen-bond acceptors (Lipinski definition) is 5. The third kappa shape index (κ3) is 5.86. The lowest BCUT2D eigenvalue weighted by Gasteiger charge is -2.30. The average molecular weight is 347 g/mol. The zero-order valence-electron chi connectivity index (χ0n) is 14.4. The van der Waals surface area contributed by atoms with E-state index < -0.39 is 12.0 Å². The van der Waals surface area contributed by atoms with E-state index in [-0.39, 0.29) is 24.3 Å². The lowest BCUT2D eigenvalue weighted by atomic mass is 9.96. The molecule has 7 nitrogen and oxygen atoms in total. The fourth-order valence-electron chi connectivity index (χ4n) is 3.00. The van der Waals surface area contributed by atoms with Crippen molar-refractivity contribution in [3.05, 3.63) is 35.9 Å². The molecule has 1 aliphatic heterocycles. The summed E-state index contributed by atoms with van der Waals surface area (Å²) in [6.45, 7) is 1.47. The third-order valence-electron chi connectivity index (χ3n) is 4.46. The summed E-state index contributed by atoms with van der Waals surface area (Å²) in [4.78, 5) is 37.4. The van der Waals surface area contributed by atoms with Crippen LogP contribution in [0.4, 0.5) is 0 Å². The van der Waals surface area contributed by atoms with E-state index in [1.807, 2.05) is 35.2 Å². The Morgan fingerprint density at radius 3 is 2.44 bits per heavy atom. The minimum Gasteiger partial charge on any atom is -0.467 e. The van der Waals surface area contributed by atoms with Crippen LogP contribution < -0.4 is 11.1 Å². The van der Waals surface area contributed by atoms with E-state index in [4.69, 9.17) is 10.5 Å². The van der Waals surface area contributed by atoms with Crippen molar-refractivity contribution in [1.29, 1.82) is 0 Å². The molecule has 0 saturated carbocycles. The summed E-state index contributed by atoms with van der Waals surface area (Å²) in [6.07, 6.45) is 1.70. The lowest BCUT2D eigenvalue weighted by molar-refractivity contribution is -0.145. The molecule has 7 heteroatoms. The maximum atomic E-state index is 12.3. The zero-order chi connectivity index (χ0) is 18.2. The van der Waals surface area contributed by atoms with Crippen molar-refractivity contribution in [2.24, 2.45) is 11.7 Å². The molecule has 1 aromatic carbocycles. The molecule has 1 aliphatic rings. The second-order valence-corrected chi connectivity index (χ2v) is 6.29. The quantitative estimate of drug-likeness (QED) is 0.681. The molecule has 0 spiro atoms. The topological polar surface area (TPSA) is 102 Å². The Morgan fingerprint density at radius 2 is 1.88 bits per heavy atom. The molecule has 1 saturated heterocycles. The molecule has 2 amide bonds. The number of esters is 1. The Labute approximate surface area is 147 Å². The van der Waals surface area contributed by atoms with Gasteiger partial charge in [-0.25, -0.2) is 4.79 Å². The Balaban J connectivity index is 1.87. The van der Waals surface area contributed by atoms with Gasteiger partial charge in [0.05, 0.1) is 13.7 Å². The number of amides is 2. The zero-order valence-corrected chi connectivity index (χ0v) is 14.4. The SMILES string of the molecule is COC(=O)[C@@H](Cc1ccccc1)NC(=O)CN1CCC(C(N)=O)CC1. The summed E-state index contributed by atoms with van der Waals surface area (Å²) >= 11 is 0. The highest BCUT2D eigenvalue weighted by atomic mass is 16.5. The van der Waals surface area contributed by atoms with Crippen molar-refractivity contribution >= 4 is 17.8 Å². The molecule has 2 rings (SSSR count). The van der Waals surface area contributed by atoms with Crippen molar-refractivity contribution in [3.8, 4) is 0 Å². The Hall–Kier alpha value is -2.41. The molecule has 0 aliphatic carbocycles. The normalized spacial score (nSPS) is 16.8. The maximum Gasteiger partial charge on any atom is 0.328 e. The molecule has 1 fully saturated rings. The van der Waals surface area contributed by atoms with Crippen molar-refractivity contribution < 1.29 is 19.1 Å². The highest BCUT2D eigenvalue weighted by molar-refractivity contribution is 5.85. The van der Waals surface area contributed by atoms with Crippen LogP contribution in [0.25, 0.3) is 0 Å². The Kier molecular flexibility index (Phi) is 6.94. The van der Waals surface area contributed by atoms with E-state index in [1.165, 1.54) is 7.11 Å². The van der Waals surface area contributed by atoms with Gasteiger partial charge in [0.25, 0.3) is 0 Å². The summed E-state index contributed by atoms with van der Waals surface area (Å²) in [7, 11) is 1.31. The van der Waals surface area contributed by atoms with Crippen LogP contribution >= 0.6 is 0 Å². The van der Waals surface area contributed by atoms with E-state index in [0.29, 0.717) is 32.4 Å². The number of carbonyl (C=O) groups is 3. The summed E-state index contributed by atoms with van der Waals surface area (Å²) < 4.78 is 4.80. The number of primary amides is 1. The van der Waals surface area contributed by atoms with Crippen LogP contribution in [0.1, 0.15) is 18.4 Å². The first-order valence-electron chi connectivity index (χ1n) is 8.42. The van der Waals surface area contributed by atoms with Gasteiger partial charge < -0.3 is 15.8 Å². The van der Waals surface area contributed by atoms with Gasteiger partial charge in [0, 0.05) is 12.3 Å². The number of benzene rings is 1. The highest BCUT2D eigenvalue weighted by Gasteiger charge is 2.26. The molecule has 3 N–H and O–H groups in total. The summed E-state index contributed by atoms with van der Waals surface area (Å²) in [5, 5.41) is 2.75. The molecule has 0 radical (unpaired) electrons. The number of nitrogens with one attached hydrogen (secondary N) is 1. The summed E-state index contributed by atoms with van der Waals surface area (Å²) in [5.74, 6) is -1.09. The number of nitrogens with zero attached hydrogens (tertiary/aromatic N) is 1. The Morgan fingerprint density at radius 1 is 1.24 bits per heavy atom. The molecule has 136 valence electrons. The van der Waals surface area contributed by atoms with Crippen LogP contribution in [0.3, 0.4) is 0 Å². The first-order chi connectivity index (χ1) is 12.0. The third-order valence-corrected chi connectivity index (χ3v) is 4.46.